The van der Waals surface area contributed by atoms with Crippen molar-refractivity contribution in [3.63, 3.8) is 0 Å². The topological polar surface area (TPSA) is 95.8 Å². The second-order valence-electron chi connectivity index (χ2n) is 16.1. The molecule has 5 rings (SSSR count). The van der Waals surface area contributed by atoms with E-state index in [0.717, 1.165) is 71.9 Å². The Morgan fingerprint density at radius 1 is 0.484 bits per heavy atom. The van der Waals surface area contributed by atoms with Gasteiger partial charge in [0, 0.05) is 18.5 Å². The van der Waals surface area contributed by atoms with Gasteiger partial charge in [-0.25, -0.2) is 9.59 Å². The highest BCUT2D eigenvalue weighted by atomic mass is 16.5. The van der Waals surface area contributed by atoms with Crippen LogP contribution in [0.4, 0.5) is 11.4 Å². The number of benzene rings is 5. The Bertz CT molecular complexity index is 1980. The van der Waals surface area contributed by atoms with Crippen LogP contribution in [0.2, 0.25) is 0 Å². The van der Waals surface area contributed by atoms with E-state index >= 15 is 0 Å². The number of unbranched alkanes of at least 4 members (excludes halogenated alkanes) is 6. The lowest BCUT2D eigenvalue weighted by Crippen LogP contribution is -2.10. The zero-order chi connectivity index (χ0) is 43.8. The first-order valence-corrected chi connectivity index (χ1v) is 22.6. The van der Waals surface area contributed by atoms with Crippen LogP contribution in [0.15, 0.2) is 131 Å². The van der Waals surface area contributed by atoms with Crippen LogP contribution < -0.4 is 18.9 Å². The third kappa shape index (κ3) is 17.2. The standard InChI is InChI=1S/C54H64N2O6/c1-5-41(3)16-11-7-9-13-36-59-49-32-28-47(29-33-49)55-39-43-20-24-45(25-21-43)53(57)61-51-18-15-19-52(38-51)62-54(58)46-26-22-44(23-27-46)40-56-48-30-34-50(35-31-48)60-37-14-10-8-12-17-42(4)6-2/h15,18-35,38-42H,5-14,16-17,36-37H2,1-4H3/t41-,42-/m0/s1. The van der Waals surface area contributed by atoms with Crippen LogP contribution in [0.5, 0.6) is 23.0 Å². The van der Waals surface area contributed by atoms with Crippen molar-refractivity contribution >= 4 is 35.7 Å². The largest absolute Gasteiger partial charge is 0.494 e. The summed E-state index contributed by atoms with van der Waals surface area (Å²) in [5.74, 6) is 2.77. The average molecular weight is 837 g/mol. The molecule has 8 heteroatoms. The maximum atomic E-state index is 13.0. The normalized spacial score (nSPS) is 12.3. The molecule has 0 aliphatic heterocycles. The Morgan fingerprint density at radius 2 is 0.871 bits per heavy atom. The molecule has 5 aromatic carbocycles. The van der Waals surface area contributed by atoms with Gasteiger partial charge in [-0.2, -0.15) is 0 Å². The van der Waals surface area contributed by atoms with Crippen LogP contribution >= 0.6 is 0 Å². The first kappa shape index (κ1) is 47.0. The first-order valence-electron chi connectivity index (χ1n) is 22.6. The van der Waals surface area contributed by atoms with Gasteiger partial charge in [0.15, 0.2) is 0 Å². The summed E-state index contributed by atoms with van der Waals surface area (Å²) in [5, 5.41) is 0. The van der Waals surface area contributed by atoms with Gasteiger partial charge >= 0.3 is 11.9 Å². The van der Waals surface area contributed by atoms with Crippen LogP contribution in [0, 0.1) is 11.8 Å². The SMILES string of the molecule is CC[C@H](C)CCCCCCOc1ccc(N=Cc2ccc(C(=O)Oc3cccc(OC(=O)c4ccc(C=Nc5ccc(OCCCCCC[C@@H](C)CC)cc5)cc4)c3)cc2)cc1. The van der Waals surface area contributed by atoms with Crippen molar-refractivity contribution in [2.45, 2.75) is 105 Å². The summed E-state index contributed by atoms with van der Waals surface area (Å²) in [6, 6.07) is 35.9. The molecule has 0 aliphatic carbocycles. The predicted molar refractivity (Wildman–Crippen MR) is 253 cm³/mol. The molecule has 0 saturated carbocycles. The molecular weight excluding hydrogens is 773 g/mol. The molecule has 0 N–H and O–H groups in total. The van der Waals surface area contributed by atoms with E-state index in [9.17, 15) is 9.59 Å². The molecule has 0 spiro atoms. The number of hydrogen-bond donors (Lipinski definition) is 0. The molecule has 8 nitrogen and oxygen atoms in total. The Morgan fingerprint density at radius 3 is 1.26 bits per heavy atom. The van der Waals surface area contributed by atoms with E-state index in [2.05, 4.69) is 37.7 Å². The molecule has 326 valence electrons. The van der Waals surface area contributed by atoms with Crippen LogP contribution in [-0.4, -0.2) is 37.6 Å². The first-order chi connectivity index (χ1) is 30.3. The van der Waals surface area contributed by atoms with Gasteiger partial charge in [-0.05, 0) is 121 Å². The van der Waals surface area contributed by atoms with E-state index in [1.807, 2.05) is 72.8 Å². The Labute approximate surface area is 369 Å². The third-order valence-corrected chi connectivity index (χ3v) is 11.0. The summed E-state index contributed by atoms with van der Waals surface area (Å²) in [6.07, 6.45) is 18.3. The average Bonchev–Trinajstić information content (AvgIpc) is 3.30. The summed E-state index contributed by atoms with van der Waals surface area (Å²) in [4.78, 5) is 35.1. The van der Waals surface area contributed by atoms with Gasteiger partial charge in [0.05, 0.1) is 35.7 Å². The number of rotatable bonds is 26. The Hall–Kier alpha value is -6.02. The van der Waals surface area contributed by atoms with Crippen molar-refractivity contribution in [1.29, 1.82) is 0 Å². The molecule has 0 radical (unpaired) electrons. The smallest absolute Gasteiger partial charge is 0.343 e. The molecular formula is C54H64N2O6. The molecule has 0 heterocycles. The van der Waals surface area contributed by atoms with Gasteiger partial charge in [-0.15, -0.1) is 0 Å². The van der Waals surface area contributed by atoms with Crippen molar-refractivity contribution in [3.8, 4) is 23.0 Å². The van der Waals surface area contributed by atoms with Crippen LogP contribution in [0.3, 0.4) is 0 Å². The summed E-state index contributed by atoms with van der Waals surface area (Å²) in [7, 11) is 0. The summed E-state index contributed by atoms with van der Waals surface area (Å²) < 4.78 is 23.0. The van der Waals surface area contributed by atoms with Crippen molar-refractivity contribution in [2.75, 3.05) is 13.2 Å². The molecule has 0 aliphatic rings. The fourth-order valence-corrected chi connectivity index (χ4v) is 6.58. The van der Waals surface area contributed by atoms with Crippen LogP contribution in [-0.2, 0) is 0 Å². The molecule has 2 atom stereocenters. The lowest BCUT2D eigenvalue weighted by Gasteiger charge is -2.08. The monoisotopic (exact) mass is 836 g/mol. The fraction of sp³-hybridized carbons (Fsp3) is 0.370. The Balaban J connectivity index is 1.01. The number of esters is 2. The molecule has 5 aromatic rings. The van der Waals surface area contributed by atoms with Gasteiger partial charge in [-0.1, -0.05) is 122 Å². The van der Waals surface area contributed by atoms with Crippen LogP contribution in [0.1, 0.15) is 137 Å². The maximum Gasteiger partial charge on any atom is 0.343 e. The molecule has 0 aromatic heterocycles. The second-order valence-corrected chi connectivity index (χ2v) is 16.1. The third-order valence-electron chi connectivity index (χ3n) is 11.0. The highest BCUT2D eigenvalue weighted by Gasteiger charge is 2.12. The van der Waals surface area contributed by atoms with Crippen LogP contribution in [0.25, 0.3) is 0 Å². The van der Waals surface area contributed by atoms with Gasteiger partial charge in [0.1, 0.15) is 23.0 Å². The van der Waals surface area contributed by atoms with E-state index < -0.39 is 11.9 Å². The zero-order valence-corrected chi connectivity index (χ0v) is 37.1. The summed E-state index contributed by atoms with van der Waals surface area (Å²) >= 11 is 0. The van der Waals surface area contributed by atoms with E-state index in [4.69, 9.17) is 18.9 Å². The minimum absolute atomic E-state index is 0.254. The molecule has 0 bridgehead atoms. The van der Waals surface area contributed by atoms with E-state index in [1.54, 1.807) is 54.9 Å². The number of aliphatic imine (C=N–C) groups is 2. The molecule has 0 unspecified atom stereocenters. The van der Waals surface area contributed by atoms with E-state index in [1.165, 1.54) is 70.3 Å². The molecule has 0 saturated heterocycles. The lowest BCUT2D eigenvalue weighted by molar-refractivity contribution is 0.0732. The highest BCUT2D eigenvalue weighted by molar-refractivity contribution is 5.93. The van der Waals surface area contributed by atoms with Crippen molar-refractivity contribution in [2.24, 2.45) is 21.8 Å². The summed E-state index contributed by atoms with van der Waals surface area (Å²) in [5.41, 5.74) is 4.04. The van der Waals surface area contributed by atoms with Crippen molar-refractivity contribution in [1.82, 2.24) is 0 Å². The number of hydrogen-bond acceptors (Lipinski definition) is 8. The fourth-order valence-electron chi connectivity index (χ4n) is 6.58. The van der Waals surface area contributed by atoms with Crippen molar-refractivity contribution < 1.29 is 28.5 Å². The minimum Gasteiger partial charge on any atom is -0.494 e. The highest BCUT2D eigenvalue weighted by Crippen LogP contribution is 2.24. The molecule has 62 heavy (non-hydrogen) atoms. The predicted octanol–water partition coefficient (Wildman–Crippen LogP) is 14.4. The van der Waals surface area contributed by atoms with Crippen molar-refractivity contribution in [3.05, 3.63) is 144 Å². The lowest BCUT2D eigenvalue weighted by atomic mass is 10.0. The van der Waals surface area contributed by atoms with Gasteiger partial charge in [0.25, 0.3) is 0 Å². The molecule has 0 fully saturated rings. The quantitative estimate of drug-likeness (QED) is 0.0238. The van der Waals surface area contributed by atoms with Gasteiger partial charge in [-0.3, -0.25) is 9.98 Å². The number of ether oxygens (including phenoxy) is 4. The zero-order valence-electron chi connectivity index (χ0n) is 37.1. The number of carbonyl (C=O) groups excluding carboxylic acids is 2. The number of carbonyl (C=O) groups is 2. The van der Waals surface area contributed by atoms with Gasteiger partial charge < -0.3 is 18.9 Å². The van der Waals surface area contributed by atoms with Gasteiger partial charge in [0.2, 0.25) is 0 Å². The van der Waals surface area contributed by atoms with E-state index in [0.29, 0.717) is 11.1 Å². The second kappa shape index (κ2) is 26.3. The minimum atomic E-state index is -0.534. The maximum absolute atomic E-state index is 13.0. The van der Waals surface area contributed by atoms with E-state index in [-0.39, 0.29) is 11.5 Å². The summed E-state index contributed by atoms with van der Waals surface area (Å²) in [6.45, 7) is 10.6. The molecule has 0 amide bonds. The number of nitrogens with zero attached hydrogens (tertiary/aromatic N) is 2. The Kier molecular flexibility index (Phi) is 20.0.